The molecule has 2 heterocycles. The Morgan fingerprint density at radius 3 is 2.52 bits per heavy atom. The summed E-state index contributed by atoms with van der Waals surface area (Å²) in [5.41, 5.74) is 2.47. The summed E-state index contributed by atoms with van der Waals surface area (Å²) in [6.45, 7) is 5.21. The van der Waals surface area contributed by atoms with E-state index in [9.17, 15) is 0 Å². The van der Waals surface area contributed by atoms with Gasteiger partial charge in [-0.1, -0.05) is 78.2 Å². The van der Waals surface area contributed by atoms with Crippen molar-refractivity contribution in [3.8, 4) is 0 Å². The molecule has 0 N–H and O–H groups in total. The van der Waals surface area contributed by atoms with Crippen molar-refractivity contribution in [3.63, 3.8) is 0 Å². The lowest BCUT2D eigenvalue weighted by molar-refractivity contribution is 0.179. The summed E-state index contributed by atoms with van der Waals surface area (Å²) in [6.07, 6.45) is 0. The summed E-state index contributed by atoms with van der Waals surface area (Å²) in [7, 11) is 0. The summed E-state index contributed by atoms with van der Waals surface area (Å²) in [6, 6.07) is 19.0. The van der Waals surface area contributed by atoms with Crippen molar-refractivity contribution in [2.45, 2.75) is 10.9 Å². The molecule has 27 heavy (non-hydrogen) atoms. The zero-order valence-electron chi connectivity index (χ0n) is 14.9. The topological polar surface area (TPSA) is 19.4 Å². The minimum atomic E-state index is 0.920. The lowest BCUT2D eigenvalue weighted by Gasteiger charge is -2.35. The largest absolute Gasteiger partial charge is 0.355 e. The number of piperazine rings is 1. The fraction of sp³-hybridized carbons (Fsp3) is 0.300. The van der Waals surface area contributed by atoms with E-state index in [0.29, 0.717) is 0 Å². The molecular weight excluding hydrogens is 411 g/mol. The van der Waals surface area contributed by atoms with E-state index in [0.717, 1.165) is 52.0 Å². The Morgan fingerprint density at radius 1 is 1.00 bits per heavy atom. The van der Waals surface area contributed by atoms with Crippen molar-refractivity contribution >= 4 is 61.6 Å². The van der Waals surface area contributed by atoms with Crippen LogP contribution in [-0.2, 0) is 6.54 Å². The average molecular weight is 432 g/mol. The summed E-state index contributed by atoms with van der Waals surface area (Å²) in [4.78, 5) is 9.53. The van der Waals surface area contributed by atoms with E-state index in [-0.39, 0.29) is 0 Å². The zero-order chi connectivity index (χ0) is 18.5. The molecule has 1 fully saturated rings. The first-order valence-corrected chi connectivity index (χ1v) is 12.1. The second-order valence-corrected chi connectivity index (χ2v) is 10.6. The molecule has 3 aromatic rings. The van der Waals surface area contributed by atoms with Gasteiger partial charge in [-0.2, -0.15) is 0 Å². The molecule has 0 unspecified atom stereocenters. The number of fused-ring (bicyclic) bond motifs is 1. The van der Waals surface area contributed by atoms with Crippen LogP contribution in [0, 0.1) is 0 Å². The van der Waals surface area contributed by atoms with E-state index in [2.05, 4.69) is 63.3 Å². The van der Waals surface area contributed by atoms with Gasteiger partial charge in [-0.15, -0.1) is 11.3 Å². The van der Waals surface area contributed by atoms with Gasteiger partial charge in [0.1, 0.15) is 4.32 Å². The Balaban J connectivity index is 1.20. The monoisotopic (exact) mass is 431 g/mol. The third-order valence-corrected chi connectivity index (χ3v) is 8.35. The third kappa shape index (κ3) is 5.23. The van der Waals surface area contributed by atoms with Gasteiger partial charge in [0.25, 0.3) is 0 Å². The summed E-state index contributed by atoms with van der Waals surface area (Å²) in [5, 5.41) is 0.920. The number of benzene rings is 2. The molecule has 4 rings (SSSR count). The normalized spacial score (nSPS) is 15.3. The highest BCUT2D eigenvalue weighted by atomic mass is 32.2. The van der Waals surface area contributed by atoms with Crippen molar-refractivity contribution < 1.29 is 0 Å². The van der Waals surface area contributed by atoms with E-state index in [1.165, 1.54) is 10.3 Å². The van der Waals surface area contributed by atoms with Crippen LogP contribution in [0.25, 0.3) is 10.2 Å². The number of hydrogen-bond donors (Lipinski definition) is 0. The molecule has 140 valence electrons. The van der Waals surface area contributed by atoms with Gasteiger partial charge in [0.05, 0.1) is 15.3 Å². The molecule has 7 heteroatoms. The Hall–Kier alpha value is -1.12. The highest BCUT2D eigenvalue weighted by Crippen LogP contribution is 2.31. The maximum absolute atomic E-state index is 5.66. The number of thiocarbonyl (C=S) groups is 1. The molecule has 0 aliphatic carbocycles. The van der Waals surface area contributed by atoms with Gasteiger partial charge in [-0.05, 0) is 17.7 Å². The molecular formula is C20H21N3S4. The molecule has 1 aliphatic heterocycles. The van der Waals surface area contributed by atoms with Gasteiger partial charge in [0.2, 0.25) is 0 Å². The van der Waals surface area contributed by atoms with Gasteiger partial charge >= 0.3 is 0 Å². The van der Waals surface area contributed by atoms with Crippen LogP contribution in [0.15, 0.2) is 58.9 Å². The second-order valence-electron chi connectivity index (χ2n) is 6.37. The highest BCUT2D eigenvalue weighted by molar-refractivity contribution is 8.29. The predicted octanol–water partition coefficient (Wildman–Crippen LogP) is 5.18. The smallest absolute Gasteiger partial charge is 0.151 e. The van der Waals surface area contributed by atoms with E-state index in [1.807, 2.05) is 6.07 Å². The van der Waals surface area contributed by atoms with Gasteiger partial charge in [0.15, 0.2) is 4.34 Å². The number of thiazole rings is 1. The summed E-state index contributed by atoms with van der Waals surface area (Å²) < 4.78 is 3.39. The van der Waals surface area contributed by atoms with E-state index >= 15 is 0 Å². The lowest BCUT2D eigenvalue weighted by Crippen LogP contribution is -2.47. The molecule has 0 atom stereocenters. The first kappa shape index (κ1) is 19.2. The molecule has 0 saturated carbocycles. The van der Waals surface area contributed by atoms with Gasteiger partial charge in [-0.25, -0.2) is 4.98 Å². The molecule has 2 aromatic carbocycles. The minimum absolute atomic E-state index is 0.920. The van der Waals surface area contributed by atoms with Crippen LogP contribution in [0.2, 0.25) is 0 Å². The number of hydrogen-bond acceptors (Lipinski definition) is 6. The van der Waals surface area contributed by atoms with E-state index < -0.39 is 0 Å². The molecule has 1 saturated heterocycles. The van der Waals surface area contributed by atoms with Crippen molar-refractivity contribution in [2.24, 2.45) is 0 Å². The first-order chi connectivity index (χ1) is 13.3. The third-order valence-electron chi connectivity index (χ3n) is 4.52. The maximum Gasteiger partial charge on any atom is 0.151 e. The molecule has 0 spiro atoms. The summed E-state index contributed by atoms with van der Waals surface area (Å²) >= 11 is 11.0. The fourth-order valence-corrected chi connectivity index (χ4v) is 6.89. The van der Waals surface area contributed by atoms with Gasteiger partial charge in [-0.3, -0.25) is 4.90 Å². The molecule has 1 aromatic heterocycles. The van der Waals surface area contributed by atoms with Crippen molar-refractivity contribution in [1.29, 1.82) is 0 Å². The minimum Gasteiger partial charge on any atom is -0.355 e. The molecule has 0 bridgehead atoms. The van der Waals surface area contributed by atoms with Gasteiger partial charge in [0, 0.05) is 32.7 Å². The van der Waals surface area contributed by atoms with Crippen LogP contribution in [-0.4, -0.2) is 50.4 Å². The maximum atomic E-state index is 5.66. The van der Waals surface area contributed by atoms with Crippen molar-refractivity contribution in [2.75, 3.05) is 31.3 Å². The second kappa shape index (κ2) is 9.39. The standard InChI is InChI=1S/C20H21N3S4/c24-20(26-15-25-19-21-17-8-4-5-9-18(17)27-19)23-12-10-22(11-13-23)14-16-6-2-1-3-7-16/h1-9H,10-15H2. The van der Waals surface area contributed by atoms with Crippen LogP contribution < -0.4 is 0 Å². The van der Waals surface area contributed by atoms with Crippen LogP contribution in [0.1, 0.15) is 5.56 Å². The van der Waals surface area contributed by atoms with Crippen LogP contribution >= 0.6 is 47.1 Å². The molecule has 1 aliphatic rings. The Morgan fingerprint density at radius 2 is 1.74 bits per heavy atom. The van der Waals surface area contributed by atoms with E-state index in [4.69, 9.17) is 12.2 Å². The fourth-order valence-electron chi connectivity index (χ4n) is 3.06. The average Bonchev–Trinajstić information content (AvgIpc) is 3.12. The quantitative estimate of drug-likeness (QED) is 0.313. The first-order valence-electron chi connectivity index (χ1n) is 8.94. The van der Waals surface area contributed by atoms with E-state index in [1.54, 1.807) is 34.9 Å². The van der Waals surface area contributed by atoms with Crippen LogP contribution in [0.4, 0.5) is 0 Å². The lowest BCUT2D eigenvalue weighted by atomic mass is 10.2. The number of para-hydroxylation sites is 1. The number of nitrogens with zero attached hydrogens (tertiary/aromatic N) is 3. The molecule has 0 radical (unpaired) electrons. The Labute approximate surface area is 178 Å². The Bertz CT molecular complexity index is 855. The predicted molar refractivity (Wildman–Crippen MR) is 124 cm³/mol. The number of aromatic nitrogens is 1. The van der Waals surface area contributed by atoms with Crippen molar-refractivity contribution in [1.82, 2.24) is 14.8 Å². The number of thioether (sulfide) groups is 2. The van der Waals surface area contributed by atoms with Crippen LogP contribution in [0.3, 0.4) is 0 Å². The van der Waals surface area contributed by atoms with Gasteiger partial charge < -0.3 is 4.90 Å². The SMILES string of the molecule is S=C(SCSc1nc2ccccc2s1)N1CCN(Cc2ccccc2)CC1. The van der Waals surface area contributed by atoms with Crippen molar-refractivity contribution in [3.05, 3.63) is 60.2 Å². The Kier molecular flexibility index (Phi) is 6.68. The van der Waals surface area contributed by atoms with Crippen LogP contribution in [0.5, 0.6) is 0 Å². The summed E-state index contributed by atoms with van der Waals surface area (Å²) in [5.74, 6) is 0. The highest BCUT2D eigenvalue weighted by Gasteiger charge is 2.19. The molecule has 0 amide bonds. The molecule has 3 nitrogen and oxygen atoms in total. The number of rotatable bonds is 5. The zero-order valence-corrected chi connectivity index (χ0v) is 18.2.